The average molecular weight is 372 g/mol. The van der Waals surface area contributed by atoms with E-state index in [2.05, 4.69) is 31.1 Å². The summed E-state index contributed by atoms with van der Waals surface area (Å²) in [6.45, 7) is 6.83. The van der Waals surface area contributed by atoms with Gasteiger partial charge in [0.05, 0.1) is 5.56 Å². The minimum Gasteiger partial charge on any atom is -0.365 e. The number of anilines is 1. The van der Waals surface area contributed by atoms with Gasteiger partial charge in [-0.2, -0.15) is 0 Å². The minimum absolute atomic E-state index is 0.251. The lowest BCUT2D eigenvalue weighted by molar-refractivity contribution is 0.0999. The Hall–Kier alpha value is -2.21. The first-order chi connectivity index (χ1) is 12.3. The van der Waals surface area contributed by atoms with Crippen LogP contribution in [0.4, 0.5) is 5.00 Å². The Morgan fingerprint density at radius 2 is 2.04 bits per heavy atom. The van der Waals surface area contributed by atoms with Crippen molar-refractivity contribution < 1.29 is 9.59 Å². The second-order valence-corrected chi connectivity index (χ2v) is 8.65. The summed E-state index contributed by atoms with van der Waals surface area (Å²) in [5, 5.41) is 3.45. The third-order valence-corrected chi connectivity index (χ3v) is 6.87. The number of rotatable bonds is 5. The molecule has 2 aromatic rings. The molecule has 2 aromatic heterocycles. The Kier molecular flexibility index (Phi) is 5.14. The number of hydrogen-bond acceptors (Lipinski definition) is 4. The van der Waals surface area contributed by atoms with Gasteiger partial charge in [0.2, 0.25) is 0 Å². The van der Waals surface area contributed by atoms with Gasteiger partial charge in [-0.3, -0.25) is 14.6 Å². The maximum absolute atomic E-state index is 12.5. The van der Waals surface area contributed by atoms with Crippen LogP contribution < -0.4 is 11.1 Å². The lowest BCUT2D eigenvalue weighted by Crippen LogP contribution is -2.29. The predicted molar refractivity (Wildman–Crippen MR) is 105 cm³/mol. The lowest BCUT2D eigenvalue weighted by atomic mass is 9.69. The zero-order chi connectivity index (χ0) is 18.9. The Balaban J connectivity index is 1.91. The second kappa shape index (κ2) is 7.19. The highest BCUT2D eigenvalue weighted by molar-refractivity contribution is 7.17. The van der Waals surface area contributed by atoms with Crippen LogP contribution in [0.2, 0.25) is 0 Å². The van der Waals surface area contributed by atoms with Crippen LogP contribution in [-0.2, 0) is 12.8 Å². The fourth-order valence-electron chi connectivity index (χ4n) is 3.57. The Bertz CT molecular complexity index is 827. The van der Waals surface area contributed by atoms with Crippen molar-refractivity contribution in [1.82, 2.24) is 4.98 Å². The zero-order valence-corrected chi connectivity index (χ0v) is 16.3. The molecule has 2 heterocycles. The van der Waals surface area contributed by atoms with E-state index in [1.54, 1.807) is 24.5 Å². The van der Waals surface area contributed by atoms with E-state index in [1.807, 2.05) is 0 Å². The number of carbonyl (C=O) groups is 2. The fourth-order valence-corrected chi connectivity index (χ4v) is 4.90. The summed E-state index contributed by atoms with van der Waals surface area (Å²) >= 11 is 1.50. The monoisotopic (exact) mass is 371 g/mol. The van der Waals surface area contributed by atoms with Crippen LogP contribution in [-0.4, -0.2) is 16.8 Å². The number of aromatic nitrogens is 1. The first-order valence-electron chi connectivity index (χ1n) is 8.99. The summed E-state index contributed by atoms with van der Waals surface area (Å²) in [7, 11) is 0. The van der Waals surface area contributed by atoms with Crippen molar-refractivity contribution in [1.29, 1.82) is 0 Å². The maximum Gasteiger partial charge on any atom is 0.256 e. The van der Waals surface area contributed by atoms with Gasteiger partial charge in [0.15, 0.2) is 0 Å². The van der Waals surface area contributed by atoms with E-state index < -0.39 is 5.91 Å². The lowest BCUT2D eigenvalue weighted by Gasteiger charge is -2.36. The molecule has 26 heavy (non-hydrogen) atoms. The van der Waals surface area contributed by atoms with Crippen LogP contribution in [0.3, 0.4) is 0 Å². The zero-order valence-electron chi connectivity index (χ0n) is 15.5. The molecular weight excluding hydrogens is 346 g/mol. The molecule has 0 radical (unpaired) electrons. The van der Waals surface area contributed by atoms with Crippen LogP contribution in [0, 0.1) is 11.3 Å². The summed E-state index contributed by atoms with van der Waals surface area (Å²) < 4.78 is 0. The van der Waals surface area contributed by atoms with Gasteiger partial charge in [-0.05, 0) is 48.3 Å². The van der Waals surface area contributed by atoms with E-state index in [4.69, 9.17) is 5.73 Å². The largest absolute Gasteiger partial charge is 0.365 e. The molecule has 0 aromatic carbocycles. The first kappa shape index (κ1) is 18.6. The van der Waals surface area contributed by atoms with Crippen LogP contribution in [0.5, 0.6) is 0 Å². The molecule has 0 unspecified atom stereocenters. The van der Waals surface area contributed by atoms with E-state index in [9.17, 15) is 9.59 Å². The van der Waals surface area contributed by atoms with Crippen molar-refractivity contribution in [2.75, 3.05) is 5.32 Å². The molecule has 0 saturated heterocycles. The topological polar surface area (TPSA) is 85.1 Å². The van der Waals surface area contributed by atoms with Gasteiger partial charge < -0.3 is 11.1 Å². The van der Waals surface area contributed by atoms with Gasteiger partial charge in [-0.15, -0.1) is 11.3 Å². The van der Waals surface area contributed by atoms with Gasteiger partial charge >= 0.3 is 0 Å². The predicted octanol–water partition coefficient (Wildman–Crippen LogP) is 4.04. The number of nitrogens with one attached hydrogen (secondary N) is 1. The van der Waals surface area contributed by atoms with Crippen LogP contribution >= 0.6 is 11.3 Å². The number of fused-ring (bicyclic) bond motifs is 1. The third-order valence-electron chi connectivity index (χ3n) is 5.70. The van der Waals surface area contributed by atoms with Crippen LogP contribution in [0.1, 0.15) is 64.8 Å². The number of pyridine rings is 1. The van der Waals surface area contributed by atoms with Crippen LogP contribution in [0.15, 0.2) is 24.5 Å². The molecule has 1 aliphatic carbocycles. The molecule has 3 rings (SSSR count). The molecule has 1 aliphatic rings. The molecule has 5 nitrogen and oxygen atoms in total. The first-order valence-corrected chi connectivity index (χ1v) is 9.81. The number of amides is 2. The number of nitrogens with two attached hydrogens (primary N) is 1. The molecule has 0 fully saturated rings. The minimum atomic E-state index is -0.472. The van der Waals surface area contributed by atoms with E-state index >= 15 is 0 Å². The van der Waals surface area contributed by atoms with E-state index in [-0.39, 0.29) is 11.3 Å². The molecule has 0 bridgehead atoms. The number of nitrogens with zero attached hydrogens (tertiary/aromatic N) is 1. The van der Waals surface area contributed by atoms with Crippen molar-refractivity contribution in [2.24, 2.45) is 17.1 Å². The standard InChI is InChI=1S/C20H25N3O2S/c1-4-20(2,3)13-5-6-14-15(11-13)26-19(16(14)17(21)24)23-18(25)12-7-9-22-10-8-12/h7-10,13H,4-6,11H2,1-3H3,(H2,21,24)(H,23,25)/t13-/m1/s1. The molecular formula is C20H25N3O2S. The number of primary amides is 1. The highest BCUT2D eigenvalue weighted by atomic mass is 32.1. The summed E-state index contributed by atoms with van der Waals surface area (Å²) in [5.74, 6) is -0.150. The normalized spacial score (nSPS) is 16.8. The average Bonchev–Trinajstić information content (AvgIpc) is 2.99. The van der Waals surface area contributed by atoms with Crippen LogP contribution in [0.25, 0.3) is 0 Å². The SMILES string of the molecule is CCC(C)(C)[C@@H]1CCc2c(sc(NC(=O)c3ccncc3)c2C(N)=O)C1. The Morgan fingerprint density at radius 1 is 1.35 bits per heavy atom. The molecule has 2 amide bonds. The Morgan fingerprint density at radius 3 is 2.65 bits per heavy atom. The van der Waals surface area contributed by atoms with Crippen molar-refractivity contribution in [3.8, 4) is 0 Å². The van der Waals surface area contributed by atoms with Gasteiger partial charge in [-0.1, -0.05) is 27.2 Å². The number of carbonyl (C=O) groups excluding carboxylic acids is 2. The molecule has 1 atom stereocenters. The van der Waals surface area contributed by atoms with E-state index in [0.717, 1.165) is 31.2 Å². The fraction of sp³-hybridized carbons (Fsp3) is 0.450. The molecule has 6 heteroatoms. The summed E-state index contributed by atoms with van der Waals surface area (Å²) in [5.41, 5.74) is 7.93. The molecule has 0 spiro atoms. The molecule has 0 aliphatic heterocycles. The van der Waals surface area contributed by atoms with Crippen molar-refractivity contribution in [3.05, 3.63) is 46.1 Å². The Labute approximate surface area is 158 Å². The molecule has 138 valence electrons. The maximum atomic E-state index is 12.5. The highest BCUT2D eigenvalue weighted by Gasteiger charge is 2.35. The van der Waals surface area contributed by atoms with Gasteiger partial charge in [-0.25, -0.2) is 0 Å². The van der Waals surface area contributed by atoms with E-state index in [1.165, 1.54) is 16.2 Å². The van der Waals surface area contributed by atoms with E-state index in [0.29, 0.717) is 22.0 Å². The summed E-state index contributed by atoms with van der Waals surface area (Å²) in [4.78, 5) is 29.7. The summed E-state index contributed by atoms with van der Waals surface area (Å²) in [6, 6.07) is 3.29. The van der Waals surface area contributed by atoms with Crippen molar-refractivity contribution in [3.63, 3.8) is 0 Å². The summed E-state index contributed by atoms with van der Waals surface area (Å²) in [6.07, 6.45) is 7.08. The third kappa shape index (κ3) is 3.51. The highest BCUT2D eigenvalue weighted by Crippen LogP contribution is 2.45. The van der Waals surface area contributed by atoms with Gasteiger partial charge in [0.1, 0.15) is 5.00 Å². The van der Waals surface area contributed by atoms with Crippen molar-refractivity contribution in [2.45, 2.75) is 46.5 Å². The molecule has 0 saturated carbocycles. The quantitative estimate of drug-likeness (QED) is 0.832. The number of thiophene rings is 1. The van der Waals surface area contributed by atoms with Gasteiger partial charge in [0, 0.05) is 22.8 Å². The molecule has 3 N–H and O–H groups in total. The van der Waals surface area contributed by atoms with Crippen molar-refractivity contribution >= 4 is 28.2 Å². The number of hydrogen-bond donors (Lipinski definition) is 2. The smallest absolute Gasteiger partial charge is 0.256 e. The van der Waals surface area contributed by atoms with Gasteiger partial charge in [0.25, 0.3) is 11.8 Å². The second-order valence-electron chi connectivity index (χ2n) is 7.54.